The predicted octanol–water partition coefficient (Wildman–Crippen LogP) is 4.78. The van der Waals surface area contributed by atoms with E-state index in [1.165, 1.54) is 0 Å². The van der Waals surface area contributed by atoms with Gasteiger partial charge in [-0.05, 0) is 43.9 Å². The lowest BCUT2D eigenvalue weighted by molar-refractivity contribution is -0.140. The largest absolute Gasteiger partial charge is 0.419 e. The van der Waals surface area contributed by atoms with E-state index in [2.05, 4.69) is 10.6 Å². The Morgan fingerprint density at radius 1 is 1.21 bits per heavy atom. The summed E-state index contributed by atoms with van der Waals surface area (Å²) >= 11 is 0. The first kappa shape index (κ1) is 23.0. The summed E-state index contributed by atoms with van der Waals surface area (Å²) in [5.41, 5.74) is -1.44. The van der Waals surface area contributed by atoms with Crippen molar-refractivity contribution in [3.05, 3.63) is 29.6 Å². The molecule has 0 aliphatic carbocycles. The van der Waals surface area contributed by atoms with Gasteiger partial charge >= 0.3 is 12.2 Å². The highest BCUT2D eigenvalue weighted by atomic mass is 19.4. The van der Waals surface area contributed by atoms with Crippen LogP contribution in [-0.4, -0.2) is 36.0 Å². The average molecular weight is 417 g/mol. The fraction of sp³-hybridized carbons (Fsp3) is 0.600. The number of halogens is 4. The predicted molar refractivity (Wildman–Crippen MR) is 102 cm³/mol. The Labute approximate surface area is 167 Å². The van der Waals surface area contributed by atoms with Crippen LogP contribution in [0.25, 0.3) is 0 Å². The summed E-state index contributed by atoms with van der Waals surface area (Å²) in [6.07, 6.45) is -1.00. The highest BCUT2D eigenvalue weighted by Gasteiger charge is 2.34. The molecule has 162 valence electrons. The lowest BCUT2D eigenvalue weighted by atomic mass is 9.97. The van der Waals surface area contributed by atoms with Crippen molar-refractivity contribution in [2.45, 2.75) is 58.2 Å². The second-order valence-corrected chi connectivity index (χ2v) is 7.28. The number of rotatable bonds is 6. The van der Waals surface area contributed by atoms with Gasteiger partial charge in [0.1, 0.15) is 5.82 Å². The summed E-state index contributed by atoms with van der Waals surface area (Å²) < 4.78 is 51.4. The summed E-state index contributed by atoms with van der Waals surface area (Å²) in [6.45, 7) is 5.13. The first-order valence-corrected chi connectivity index (χ1v) is 9.88. The SMILES string of the molecule is CCCC(CC)C(=O)N1CCC(NC(=O)Nc2ccc(C(F)(F)F)c(F)c2)CC1. The average Bonchev–Trinajstić information content (AvgIpc) is 2.65. The Morgan fingerprint density at radius 2 is 1.86 bits per heavy atom. The topological polar surface area (TPSA) is 61.4 Å². The van der Waals surface area contributed by atoms with E-state index >= 15 is 0 Å². The Hall–Kier alpha value is -2.32. The summed E-state index contributed by atoms with van der Waals surface area (Å²) in [5, 5.41) is 5.08. The van der Waals surface area contributed by atoms with E-state index in [0.29, 0.717) is 38.1 Å². The van der Waals surface area contributed by atoms with Crippen molar-refractivity contribution >= 4 is 17.6 Å². The van der Waals surface area contributed by atoms with E-state index in [1.807, 2.05) is 18.7 Å². The number of carbonyl (C=O) groups excluding carboxylic acids is 2. The van der Waals surface area contributed by atoms with Crippen LogP contribution in [0.2, 0.25) is 0 Å². The quantitative estimate of drug-likeness (QED) is 0.654. The molecule has 1 atom stereocenters. The van der Waals surface area contributed by atoms with Gasteiger partial charge < -0.3 is 15.5 Å². The molecule has 2 rings (SSSR count). The Bertz CT molecular complexity index is 716. The molecule has 1 aromatic carbocycles. The molecule has 1 aromatic rings. The Morgan fingerprint density at radius 3 is 2.38 bits per heavy atom. The molecule has 0 aromatic heterocycles. The molecule has 9 heteroatoms. The maximum atomic E-state index is 13.6. The van der Waals surface area contributed by atoms with Gasteiger partial charge in [-0.2, -0.15) is 13.2 Å². The zero-order chi connectivity index (χ0) is 21.6. The van der Waals surface area contributed by atoms with Gasteiger partial charge in [-0.1, -0.05) is 20.3 Å². The number of alkyl halides is 3. The molecule has 1 saturated heterocycles. The van der Waals surface area contributed by atoms with Crippen LogP contribution < -0.4 is 10.6 Å². The number of carbonyl (C=O) groups is 2. The van der Waals surface area contributed by atoms with E-state index in [1.54, 1.807) is 0 Å². The molecule has 29 heavy (non-hydrogen) atoms. The minimum absolute atomic E-state index is 0.0300. The number of piperidine rings is 1. The zero-order valence-electron chi connectivity index (χ0n) is 16.6. The highest BCUT2D eigenvalue weighted by molar-refractivity contribution is 5.89. The van der Waals surface area contributed by atoms with Gasteiger partial charge in [0.15, 0.2) is 0 Å². The van der Waals surface area contributed by atoms with Crippen molar-refractivity contribution in [3.63, 3.8) is 0 Å². The number of nitrogens with zero attached hydrogens (tertiary/aromatic N) is 1. The maximum absolute atomic E-state index is 13.6. The normalized spacial score (nSPS) is 16.4. The lowest BCUT2D eigenvalue weighted by Gasteiger charge is -2.34. The minimum atomic E-state index is -4.79. The molecule has 1 aliphatic rings. The summed E-state index contributed by atoms with van der Waals surface area (Å²) in [5.74, 6) is -1.26. The van der Waals surface area contributed by atoms with Crippen molar-refractivity contribution in [1.82, 2.24) is 10.2 Å². The third-order valence-electron chi connectivity index (χ3n) is 5.15. The van der Waals surface area contributed by atoms with E-state index in [-0.39, 0.29) is 23.6 Å². The Kier molecular flexibility index (Phi) is 7.87. The van der Waals surface area contributed by atoms with Gasteiger partial charge in [0.2, 0.25) is 5.91 Å². The molecule has 0 radical (unpaired) electrons. The van der Waals surface area contributed by atoms with E-state index < -0.39 is 23.6 Å². The fourth-order valence-electron chi connectivity index (χ4n) is 3.53. The molecule has 5 nitrogen and oxygen atoms in total. The number of hydrogen-bond acceptors (Lipinski definition) is 2. The molecule has 1 aliphatic heterocycles. The molecule has 1 fully saturated rings. The number of urea groups is 1. The third kappa shape index (κ3) is 6.33. The zero-order valence-corrected chi connectivity index (χ0v) is 16.6. The Balaban J connectivity index is 1.84. The molecule has 1 heterocycles. The lowest BCUT2D eigenvalue weighted by Crippen LogP contribution is -2.48. The van der Waals surface area contributed by atoms with Gasteiger partial charge in [-0.3, -0.25) is 4.79 Å². The molecule has 0 bridgehead atoms. The summed E-state index contributed by atoms with van der Waals surface area (Å²) in [6, 6.07) is 1.46. The van der Waals surface area contributed by atoms with Gasteiger partial charge in [-0.15, -0.1) is 0 Å². The molecular formula is C20H27F4N3O2. The standard InChI is InChI=1S/C20H27F4N3O2/c1-3-5-13(4-2)18(28)27-10-8-14(9-11-27)25-19(29)26-15-6-7-16(17(21)12-15)20(22,23)24/h6-7,12-14H,3-5,8-11H2,1-2H3,(H2,25,26,29). The molecule has 2 N–H and O–H groups in total. The number of anilines is 1. The monoisotopic (exact) mass is 417 g/mol. The number of likely N-dealkylation sites (tertiary alicyclic amines) is 1. The van der Waals surface area contributed by atoms with Crippen LogP contribution in [-0.2, 0) is 11.0 Å². The third-order valence-corrected chi connectivity index (χ3v) is 5.15. The van der Waals surface area contributed by atoms with Crippen molar-refractivity contribution in [3.8, 4) is 0 Å². The first-order valence-electron chi connectivity index (χ1n) is 9.88. The summed E-state index contributed by atoms with van der Waals surface area (Å²) in [4.78, 5) is 26.4. The molecule has 0 spiro atoms. The molecular weight excluding hydrogens is 390 g/mol. The van der Waals surface area contributed by atoms with Crippen LogP contribution in [0.4, 0.5) is 28.0 Å². The van der Waals surface area contributed by atoms with Crippen molar-refractivity contribution in [1.29, 1.82) is 0 Å². The highest BCUT2D eigenvalue weighted by Crippen LogP contribution is 2.32. The number of amides is 3. The maximum Gasteiger partial charge on any atom is 0.419 e. The smallest absolute Gasteiger partial charge is 0.342 e. The second kappa shape index (κ2) is 9.93. The van der Waals surface area contributed by atoms with Crippen LogP contribution in [0.15, 0.2) is 18.2 Å². The van der Waals surface area contributed by atoms with Crippen LogP contribution in [0.3, 0.4) is 0 Å². The van der Waals surface area contributed by atoms with Crippen molar-refractivity contribution < 1.29 is 27.2 Å². The molecule has 3 amide bonds. The van der Waals surface area contributed by atoms with Crippen LogP contribution >= 0.6 is 0 Å². The van der Waals surface area contributed by atoms with Crippen molar-refractivity contribution in [2.24, 2.45) is 5.92 Å². The van der Waals surface area contributed by atoms with Gasteiger partial charge in [0.05, 0.1) is 5.56 Å². The number of nitrogens with one attached hydrogen (secondary N) is 2. The first-order chi connectivity index (χ1) is 13.7. The second-order valence-electron chi connectivity index (χ2n) is 7.28. The minimum Gasteiger partial charge on any atom is -0.342 e. The molecule has 0 saturated carbocycles. The van der Waals surface area contributed by atoms with Gasteiger partial charge in [0, 0.05) is 30.7 Å². The van der Waals surface area contributed by atoms with E-state index in [0.717, 1.165) is 25.3 Å². The van der Waals surface area contributed by atoms with Gasteiger partial charge in [0.25, 0.3) is 0 Å². The van der Waals surface area contributed by atoms with Crippen molar-refractivity contribution in [2.75, 3.05) is 18.4 Å². The van der Waals surface area contributed by atoms with E-state index in [9.17, 15) is 27.2 Å². The van der Waals surface area contributed by atoms with Crippen LogP contribution in [0, 0.1) is 11.7 Å². The van der Waals surface area contributed by atoms with E-state index in [4.69, 9.17) is 0 Å². The molecule has 1 unspecified atom stereocenters. The number of benzene rings is 1. The fourth-order valence-corrected chi connectivity index (χ4v) is 3.53. The number of hydrogen-bond donors (Lipinski definition) is 2. The van der Waals surface area contributed by atoms with Crippen LogP contribution in [0.1, 0.15) is 51.5 Å². The van der Waals surface area contributed by atoms with Gasteiger partial charge in [-0.25, -0.2) is 9.18 Å². The van der Waals surface area contributed by atoms with Crippen LogP contribution in [0.5, 0.6) is 0 Å². The summed E-state index contributed by atoms with van der Waals surface area (Å²) in [7, 11) is 0.